The number of carbonyl (C=O) groups is 3. The molecule has 0 saturated carbocycles. The number of sulfonamides is 1. The number of hydrogen-bond donors (Lipinski definition) is 3. The van der Waals surface area contributed by atoms with E-state index in [1.54, 1.807) is 18.2 Å². The van der Waals surface area contributed by atoms with Gasteiger partial charge in [-0.25, -0.2) is 18.4 Å². The van der Waals surface area contributed by atoms with Crippen LogP contribution in [0, 0.1) is 6.92 Å². The van der Waals surface area contributed by atoms with Crippen molar-refractivity contribution < 1.29 is 27.5 Å². The number of esters is 1. The number of hydrogen-bond acceptors (Lipinski definition) is 7. The number of amides is 2. The fourth-order valence-corrected chi connectivity index (χ4v) is 3.66. The van der Waals surface area contributed by atoms with Crippen LogP contribution in [0.3, 0.4) is 0 Å². The molecule has 0 aliphatic heterocycles. The predicted octanol–water partition coefficient (Wildman–Crippen LogP) is 1.68. The number of thioether (sulfide) groups is 1. The van der Waals surface area contributed by atoms with Crippen LogP contribution in [-0.4, -0.2) is 50.9 Å². The minimum Gasteiger partial charge on any atom is -0.454 e. The first kappa shape index (κ1) is 25.4. The van der Waals surface area contributed by atoms with Gasteiger partial charge < -0.3 is 15.4 Å². The summed E-state index contributed by atoms with van der Waals surface area (Å²) < 4.78 is 27.6. The first-order valence-electron chi connectivity index (χ1n) is 9.56. The van der Waals surface area contributed by atoms with Crippen LogP contribution in [0.5, 0.6) is 0 Å². The Morgan fingerprint density at radius 3 is 2.41 bits per heavy atom. The van der Waals surface area contributed by atoms with E-state index in [-0.39, 0.29) is 4.90 Å². The molecule has 0 bridgehead atoms. The van der Waals surface area contributed by atoms with Crippen molar-refractivity contribution in [3.05, 3.63) is 59.7 Å². The summed E-state index contributed by atoms with van der Waals surface area (Å²) in [7, 11) is -3.84. The number of nitrogens with one attached hydrogen (secondary N) is 2. The van der Waals surface area contributed by atoms with Crippen LogP contribution in [0.2, 0.25) is 0 Å². The van der Waals surface area contributed by atoms with Crippen LogP contribution >= 0.6 is 11.8 Å². The van der Waals surface area contributed by atoms with Gasteiger partial charge in [0.1, 0.15) is 6.04 Å². The molecule has 0 saturated heterocycles. The van der Waals surface area contributed by atoms with Crippen LogP contribution in [-0.2, 0) is 24.3 Å². The Kier molecular flexibility index (Phi) is 9.24. The number of carbonyl (C=O) groups excluding carboxylic acids is 3. The SMILES string of the molecule is CSCC[C@@H](NC(=O)c1cccc(C)c1)C(=O)OCC(=O)Nc1ccc(S(N)(=O)=O)cc1. The van der Waals surface area contributed by atoms with Crippen LogP contribution in [0.15, 0.2) is 53.4 Å². The maximum absolute atomic E-state index is 12.5. The zero-order valence-corrected chi connectivity index (χ0v) is 19.3. The second-order valence-electron chi connectivity index (χ2n) is 6.90. The van der Waals surface area contributed by atoms with Crippen molar-refractivity contribution >= 4 is 45.3 Å². The Morgan fingerprint density at radius 2 is 1.81 bits per heavy atom. The van der Waals surface area contributed by atoms with E-state index in [9.17, 15) is 22.8 Å². The van der Waals surface area contributed by atoms with Crippen LogP contribution in [0.4, 0.5) is 5.69 Å². The van der Waals surface area contributed by atoms with E-state index in [0.29, 0.717) is 23.4 Å². The van der Waals surface area contributed by atoms with Crippen LogP contribution < -0.4 is 15.8 Å². The molecule has 2 rings (SSSR count). The highest BCUT2D eigenvalue weighted by Gasteiger charge is 2.23. The first-order chi connectivity index (χ1) is 15.1. The van der Waals surface area contributed by atoms with E-state index in [4.69, 9.17) is 9.88 Å². The van der Waals surface area contributed by atoms with Gasteiger partial charge in [-0.1, -0.05) is 17.7 Å². The van der Waals surface area contributed by atoms with Crippen LogP contribution in [0.25, 0.3) is 0 Å². The topological polar surface area (TPSA) is 145 Å². The van der Waals surface area contributed by atoms with E-state index in [1.165, 1.54) is 36.0 Å². The number of benzene rings is 2. The van der Waals surface area contributed by atoms with Crippen molar-refractivity contribution in [1.82, 2.24) is 5.32 Å². The van der Waals surface area contributed by atoms with Crippen molar-refractivity contribution in [2.75, 3.05) is 23.9 Å². The van der Waals surface area contributed by atoms with Gasteiger partial charge in [0, 0.05) is 11.3 Å². The van der Waals surface area contributed by atoms with Crippen molar-refractivity contribution in [2.24, 2.45) is 5.14 Å². The molecule has 0 aromatic heterocycles. The van der Waals surface area contributed by atoms with Gasteiger partial charge in [0.15, 0.2) is 6.61 Å². The smallest absolute Gasteiger partial charge is 0.329 e. The molecule has 0 fully saturated rings. The zero-order valence-electron chi connectivity index (χ0n) is 17.7. The molecule has 0 spiro atoms. The van der Waals surface area contributed by atoms with Gasteiger partial charge in [-0.15, -0.1) is 0 Å². The molecule has 11 heteroatoms. The highest BCUT2D eigenvalue weighted by atomic mass is 32.2. The fraction of sp³-hybridized carbons (Fsp3) is 0.286. The number of ether oxygens (including phenoxy) is 1. The molecule has 0 radical (unpaired) electrons. The third-order valence-corrected chi connectivity index (χ3v) is 5.87. The molecule has 0 aliphatic carbocycles. The monoisotopic (exact) mass is 479 g/mol. The van der Waals surface area contributed by atoms with E-state index in [2.05, 4.69) is 10.6 Å². The van der Waals surface area contributed by atoms with Gasteiger partial charge in [-0.2, -0.15) is 11.8 Å². The van der Waals surface area contributed by atoms with Crippen molar-refractivity contribution in [2.45, 2.75) is 24.3 Å². The van der Waals surface area contributed by atoms with Crippen molar-refractivity contribution in [1.29, 1.82) is 0 Å². The van der Waals surface area contributed by atoms with Crippen LogP contribution in [0.1, 0.15) is 22.3 Å². The van der Waals surface area contributed by atoms with Gasteiger partial charge >= 0.3 is 5.97 Å². The molecule has 0 aliphatic rings. The van der Waals surface area contributed by atoms with Gasteiger partial charge in [-0.3, -0.25) is 9.59 Å². The highest BCUT2D eigenvalue weighted by molar-refractivity contribution is 7.98. The highest BCUT2D eigenvalue weighted by Crippen LogP contribution is 2.13. The van der Waals surface area contributed by atoms with Gasteiger partial charge in [0.05, 0.1) is 4.90 Å². The van der Waals surface area contributed by atoms with E-state index < -0.39 is 40.5 Å². The summed E-state index contributed by atoms with van der Waals surface area (Å²) >= 11 is 1.51. The summed E-state index contributed by atoms with van der Waals surface area (Å²) in [5, 5.41) is 10.2. The summed E-state index contributed by atoms with van der Waals surface area (Å²) in [5.41, 5.74) is 1.65. The lowest BCUT2D eigenvalue weighted by Gasteiger charge is -2.17. The molecule has 32 heavy (non-hydrogen) atoms. The Hall–Kier alpha value is -2.89. The maximum atomic E-state index is 12.5. The van der Waals surface area contributed by atoms with Crippen molar-refractivity contribution in [3.63, 3.8) is 0 Å². The molecule has 9 nitrogen and oxygen atoms in total. The molecular formula is C21H25N3O6S2. The molecule has 0 unspecified atom stereocenters. The average molecular weight is 480 g/mol. The molecule has 0 heterocycles. The second-order valence-corrected chi connectivity index (χ2v) is 9.45. The lowest BCUT2D eigenvalue weighted by molar-refractivity contribution is -0.149. The summed E-state index contributed by atoms with van der Waals surface area (Å²) in [6.07, 6.45) is 2.22. The van der Waals surface area contributed by atoms with Gasteiger partial charge in [-0.05, 0) is 61.8 Å². The third-order valence-electron chi connectivity index (χ3n) is 4.29. The molecular weight excluding hydrogens is 454 g/mol. The van der Waals surface area contributed by atoms with E-state index >= 15 is 0 Å². The van der Waals surface area contributed by atoms with E-state index in [1.807, 2.05) is 19.2 Å². The zero-order chi connectivity index (χ0) is 23.7. The molecule has 2 aromatic rings. The van der Waals surface area contributed by atoms with Crippen molar-refractivity contribution in [3.8, 4) is 0 Å². The second kappa shape index (κ2) is 11.7. The number of rotatable bonds is 10. The standard InChI is InChI=1S/C21H25N3O6S2/c1-14-4-3-5-15(12-14)20(26)24-18(10-11-31-2)21(27)30-13-19(25)23-16-6-8-17(9-7-16)32(22,28)29/h3-9,12,18H,10-11,13H2,1-2H3,(H,23,25)(H,24,26)(H2,22,28,29)/t18-/m1/s1. The predicted molar refractivity (Wildman–Crippen MR) is 123 cm³/mol. The molecule has 2 amide bonds. The Morgan fingerprint density at radius 1 is 1.12 bits per heavy atom. The largest absolute Gasteiger partial charge is 0.454 e. The molecule has 1 atom stereocenters. The van der Waals surface area contributed by atoms with Gasteiger partial charge in [0.2, 0.25) is 10.0 Å². The number of aryl methyl sites for hydroxylation is 1. The average Bonchev–Trinajstić information content (AvgIpc) is 2.74. The fourth-order valence-electron chi connectivity index (χ4n) is 2.67. The van der Waals surface area contributed by atoms with E-state index in [0.717, 1.165) is 5.56 Å². The lowest BCUT2D eigenvalue weighted by Crippen LogP contribution is -2.43. The summed E-state index contributed by atoms with van der Waals surface area (Å²) in [6, 6.07) is 11.3. The normalized spacial score (nSPS) is 12.0. The summed E-state index contributed by atoms with van der Waals surface area (Å²) in [5.74, 6) is -1.14. The minimum absolute atomic E-state index is 0.0945. The first-order valence-corrected chi connectivity index (χ1v) is 12.5. The van der Waals surface area contributed by atoms with Gasteiger partial charge in [0.25, 0.3) is 11.8 Å². The summed E-state index contributed by atoms with van der Waals surface area (Å²) in [6.45, 7) is 1.29. The number of nitrogens with two attached hydrogens (primary N) is 1. The molecule has 172 valence electrons. The lowest BCUT2D eigenvalue weighted by atomic mass is 10.1. The summed E-state index contributed by atoms with van der Waals surface area (Å²) in [4.78, 5) is 37.0. The third kappa shape index (κ3) is 7.98. The number of anilines is 1. The minimum atomic E-state index is -3.84. The Labute approximate surface area is 191 Å². The Balaban J connectivity index is 1.94. The number of primary sulfonamides is 1. The molecule has 2 aromatic carbocycles. The quantitative estimate of drug-likeness (QED) is 0.440. The molecule has 4 N–H and O–H groups in total. The Bertz CT molecular complexity index is 1070. The maximum Gasteiger partial charge on any atom is 0.329 e.